The highest BCUT2D eigenvalue weighted by molar-refractivity contribution is 9.10. The number of fused-ring (bicyclic) bond motifs is 1. The molecule has 0 bridgehead atoms. The Morgan fingerprint density at radius 1 is 1.27 bits per heavy atom. The molecule has 4 rings (SSSR count). The second kappa shape index (κ2) is 8.94. The predicted molar refractivity (Wildman–Crippen MR) is 119 cm³/mol. The molecule has 1 aromatic heterocycles. The van der Waals surface area contributed by atoms with Crippen molar-refractivity contribution in [3.8, 4) is 0 Å². The number of aromatic amines is 1. The first-order chi connectivity index (χ1) is 15.6. The van der Waals surface area contributed by atoms with E-state index in [2.05, 4.69) is 36.4 Å². The number of anilines is 1. The van der Waals surface area contributed by atoms with Crippen LogP contribution in [0.4, 0.5) is 23.2 Å². The minimum absolute atomic E-state index is 0.0203. The molecule has 0 unspecified atom stereocenters. The Bertz CT molecular complexity index is 1150. The number of benzene rings is 1. The molecule has 2 amide bonds. The molecule has 1 fully saturated rings. The number of hydrogen-bond acceptors (Lipinski definition) is 3. The lowest BCUT2D eigenvalue weighted by atomic mass is 10.0. The van der Waals surface area contributed by atoms with Crippen molar-refractivity contribution < 1.29 is 27.2 Å². The van der Waals surface area contributed by atoms with Crippen molar-refractivity contribution in [2.45, 2.75) is 25.9 Å². The SMILES string of the molecule is Cc1[nH]c(/C=C2\C(=O)Nc3c(Br)cc(F)cc32)c(C(F)(F)F)c1C(=O)NCCN1CCCC1. The monoisotopic (exact) mass is 528 g/mol. The molecule has 11 heteroatoms. The standard InChI is InChI=1S/C22H21BrF4N4O2/c1-11-17(21(33)28-4-7-31-5-2-3-6-31)18(22(25,26)27)16(29-11)10-14-13-8-12(24)9-15(23)19(13)30-20(14)32/h8-10,29H,2-7H2,1H3,(H,28,33)(H,30,32)/b14-10-. The second-order valence-electron chi connectivity index (χ2n) is 8.04. The van der Waals surface area contributed by atoms with E-state index >= 15 is 0 Å². The van der Waals surface area contributed by atoms with Gasteiger partial charge in [-0.1, -0.05) is 0 Å². The first-order valence-corrected chi connectivity index (χ1v) is 11.2. The van der Waals surface area contributed by atoms with Gasteiger partial charge in [0.1, 0.15) is 5.82 Å². The first-order valence-electron chi connectivity index (χ1n) is 10.4. The number of halogens is 5. The van der Waals surface area contributed by atoms with Crippen molar-refractivity contribution >= 4 is 45.1 Å². The smallest absolute Gasteiger partial charge is 0.358 e. The Labute approximate surface area is 195 Å². The third-order valence-electron chi connectivity index (χ3n) is 5.76. The molecule has 2 aliphatic heterocycles. The molecule has 1 saturated heterocycles. The Balaban J connectivity index is 1.69. The molecule has 1 aromatic carbocycles. The molecule has 3 heterocycles. The van der Waals surface area contributed by atoms with Crippen LogP contribution in [0.25, 0.3) is 11.6 Å². The minimum atomic E-state index is -4.86. The zero-order valence-electron chi connectivity index (χ0n) is 17.6. The van der Waals surface area contributed by atoms with Gasteiger partial charge in [0.25, 0.3) is 11.8 Å². The first kappa shape index (κ1) is 23.5. The number of aromatic nitrogens is 1. The molecule has 2 aliphatic rings. The van der Waals surface area contributed by atoms with Gasteiger partial charge < -0.3 is 20.5 Å². The third-order valence-corrected chi connectivity index (χ3v) is 6.38. The van der Waals surface area contributed by atoms with Crippen LogP contribution in [0.15, 0.2) is 16.6 Å². The molecule has 0 aliphatic carbocycles. The quantitative estimate of drug-likeness (QED) is 0.393. The van der Waals surface area contributed by atoms with Gasteiger partial charge in [0.05, 0.1) is 28.1 Å². The summed E-state index contributed by atoms with van der Waals surface area (Å²) in [6, 6.07) is 2.21. The fourth-order valence-electron chi connectivity index (χ4n) is 4.26. The van der Waals surface area contributed by atoms with Crippen molar-refractivity contribution in [1.29, 1.82) is 0 Å². The average molecular weight is 529 g/mol. The molecule has 0 atom stereocenters. The number of H-pyrrole nitrogens is 1. The van der Waals surface area contributed by atoms with E-state index in [0.29, 0.717) is 6.54 Å². The average Bonchev–Trinajstić information content (AvgIpc) is 3.41. The van der Waals surface area contributed by atoms with Crippen LogP contribution in [0, 0.1) is 12.7 Å². The van der Waals surface area contributed by atoms with Gasteiger partial charge in [-0.25, -0.2) is 4.39 Å². The van der Waals surface area contributed by atoms with E-state index in [1.807, 2.05) is 0 Å². The number of rotatable bonds is 5. The van der Waals surface area contributed by atoms with Crippen molar-refractivity contribution in [2.24, 2.45) is 0 Å². The summed E-state index contributed by atoms with van der Waals surface area (Å²) in [5.41, 5.74) is -1.85. The van der Waals surface area contributed by atoms with Crippen LogP contribution in [0.5, 0.6) is 0 Å². The zero-order valence-corrected chi connectivity index (χ0v) is 19.2. The lowest BCUT2D eigenvalue weighted by Crippen LogP contribution is -2.34. The summed E-state index contributed by atoms with van der Waals surface area (Å²) >= 11 is 3.14. The summed E-state index contributed by atoms with van der Waals surface area (Å²) in [6.45, 7) is 3.96. The van der Waals surface area contributed by atoms with E-state index in [1.165, 1.54) is 6.92 Å². The van der Waals surface area contributed by atoms with E-state index in [9.17, 15) is 27.2 Å². The van der Waals surface area contributed by atoms with Gasteiger partial charge in [-0.05, 0) is 67.0 Å². The van der Waals surface area contributed by atoms with Crippen LogP contribution in [-0.2, 0) is 11.0 Å². The second-order valence-corrected chi connectivity index (χ2v) is 8.89. The molecule has 0 radical (unpaired) electrons. The zero-order chi connectivity index (χ0) is 23.9. The van der Waals surface area contributed by atoms with Gasteiger partial charge in [-0.3, -0.25) is 9.59 Å². The van der Waals surface area contributed by atoms with Gasteiger partial charge in [-0.15, -0.1) is 0 Å². The highest BCUT2D eigenvalue weighted by Crippen LogP contribution is 2.42. The van der Waals surface area contributed by atoms with Crippen LogP contribution < -0.4 is 10.6 Å². The van der Waals surface area contributed by atoms with Crippen molar-refractivity contribution in [1.82, 2.24) is 15.2 Å². The normalized spacial score (nSPS) is 17.5. The highest BCUT2D eigenvalue weighted by atomic mass is 79.9. The fraction of sp³-hybridized carbons (Fsp3) is 0.364. The molecule has 0 spiro atoms. The van der Waals surface area contributed by atoms with Crippen LogP contribution in [0.1, 0.15) is 45.7 Å². The number of nitrogens with zero attached hydrogens (tertiary/aromatic N) is 1. The van der Waals surface area contributed by atoms with Gasteiger partial charge in [0.15, 0.2) is 0 Å². The van der Waals surface area contributed by atoms with Crippen LogP contribution in [0.2, 0.25) is 0 Å². The largest absolute Gasteiger partial charge is 0.419 e. The predicted octanol–water partition coefficient (Wildman–Crippen LogP) is 4.56. The number of nitrogens with one attached hydrogen (secondary N) is 3. The summed E-state index contributed by atoms with van der Waals surface area (Å²) in [6.07, 6.45) is -1.72. The molecule has 6 nitrogen and oxygen atoms in total. The summed E-state index contributed by atoms with van der Waals surface area (Å²) in [5.74, 6) is -2.17. The number of amides is 2. The van der Waals surface area contributed by atoms with Gasteiger partial charge in [-0.2, -0.15) is 13.2 Å². The van der Waals surface area contributed by atoms with Crippen molar-refractivity contribution in [2.75, 3.05) is 31.5 Å². The maximum atomic E-state index is 14.0. The number of likely N-dealkylation sites (tertiary alicyclic amines) is 1. The van der Waals surface area contributed by atoms with Crippen LogP contribution in [-0.4, -0.2) is 47.9 Å². The number of alkyl halides is 3. The highest BCUT2D eigenvalue weighted by Gasteiger charge is 2.41. The van der Waals surface area contributed by atoms with Crippen molar-refractivity contribution in [3.63, 3.8) is 0 Å². The molecule has 2 aromatic rings. The lowest BCUT2D eigenvalue weighted by molar-refractivity contribution is -0.138. The number of carbonyl (C=O) groups is 2. The fourth-order valence-corrected chi connectivity index (χ4v) is 4.79. The maximum absolute atomic E-state index is 14.0. The topological polar surface area (TPSA) is 77.2 Å². The van der Waals surface area contributed by atoms with Gasteiger partial charge >= 0.3 is 6.18 Å². The Morgan fingerprint density at radius 3 is 2.64 bits per heavy atom. The number of carbonyl (C=O) groups excluding carboxylic acids is 2. The van der Waals surface area contributed by atoms with Crippen molar-refractivity contribution in [3.05, 3.63) is 50.5 Å². The number of aryl methyl sites for hydroxylation is 1. The van der Waals surface area contributed by atoms with E-state index in [4.69, 9.17) is 0 Å². The molecular formula is C22H21BrF4N4O2. The third kappa shape index (κ3) is 4.70. The van der Waals surface area contributed by atoms with Crippen LogP contribution >= 0.6 is 15.9 Å². The Hall–Kier alpha value is -2.66. The number of hydrogen-bond donors (Lipinski definition) is 3. The molecule has 33 heavy (non-hydrogen) atoms. The summed E-state index contributed by atoms with van der Waals surface area (Å²) in [4.78, 5) is 29.9. The van der Waals surface area contributed by atoms with E-state index < -0.39 is 40.6 Å². The minimum Gasteiger partial charge on any atom is -0.358 e. The molecule has 0 saturated carbocycles. The lowest BCUT2D eigenvalue weighted by Gasteiger charge is -2.15. The molecule has 176 valence electrons. The molecule has 3 N–H and O–H groups in total. The summed E-state index contributed by atoms with van der Waals surface area (Å²) < 4.78 is 56.3. The van der Waals surface area contributed by atoms with Gasteiger partial charge in [0.2, 0.25) is 0 Å². The van der Waals surface area contributed by atoms with Crippen LogP contribution in [0.3, 0.4) is 0 Å². The van der Waals surface area contributed by atoms with Gasteiger partial charge in [0, 0.05) is 28.8 Å². The molecular weight excluding hydrogens is 508 g/mol. The van der Waals surface area contributed by atoms with E-state index in [1.54, 1.807) is 0 Å². The Kier molecular flexibility index (Phi) is 6.37. The van der Waals surface area contributed by atoms with E-state index in [-0.39, 0.29) is 33.5 Å². The summed E-state index contributed by atoms with van der Waals surface area (Å²) in [7, 11) is 0. The summed E-state index contributed by atoms with van der Waals surface area (Å²) in [5, 5.41) is 5.09. The van der Waals surface area contributed by atoms with E-state index in [0.717, 1.165) is 44.1 Å². The maximum Gasteiger partial charge on any atom is 0.419 e. The Morgan fingerprint density at radius 2 is 1.97 bits per heavy atom.